The number of carbonyl (C=O) groups excluding carboxylic acids is 1. The summed E-state index contributed by atoms with van der Waals surface area (Å²) in [6.07, 6.45) is 0. The van der Waals surface area contributed by atoms with E-state index in [9.17, 15) is 4.79 Å². The number of nitrogens with zero attached hydrogens (tertiary/aromatic N) is 1. The lowest BCUT2D eigenvalue weighted by molar-refractivity contribution is -0.128. The second kappa shape index (κ2) is 5.77. The van der Waals surface area contributed by atoms with Crippen molar-refractivity contribution in [2.75, 3.05) is 28.3 Å². The summed E-state index contributed by atoms with van der Waals surface area (Å²) in [6.45, 7) is 0. The van der Waals surface area contributed by atoms with Crippen LogP contribution < -0.4 is 9.47 Å². The highest BCUT2D eigenvalue weighted by Crippen LogP contribution is 2.37. The van der Waals surface area contributed by atoms with Gasteiger partial charge in [-0.3, -0.25) is 4.79 Å². The molecule has 1 rings (SSSR count). The summed E-state index contributed by atoms with van der Waals surface area (Å²) in [5.74, 6) is 0.852. The van der Waals surface area contributed by atoms with Gasteiger partial charge in [-0.15, -0.1) is 11.6 Å². The third kappa shape index (κ3) is 2.82. The fourth-order valence-corrected chi connectivity index (χ4v) is 1.84. The molecule has 0 N–H and O–H groups in total. The van der Waals surface area contributed by atoms with Crippen LogP contribution in [0.2, 0.25) is 0 Å². The minimum absolute atomic E-state index is 0.196. The quantitative estimate of drug-likeness (QED) is 0.775. The number of amides is 1. The lowest BCUT2D eigenvalue weighted by Crippen LogP contribution is -2.25. The molecular formula is C12H16ClNO3. The van der Waals surface area contributed by atoms with Crippen LogP contribution in [0.5, 0.6) is 11.5 Å². The highest BCUT2D eigenvalue weighted by molar-refractivity contribution is 6.31. The SMILES string of the molecule is COc1cccc(C(Cl)C(=O)N(C)C)c1OC. The Balaban J connectivity index is 3.17. The summed E-state index contributed by atoms with van der Waals surface area (Å²) in [4.78, 5) is 13.2. The first-order chi connectivity index (χ1) is 8.02. The molecular weight excluding hydrogens is 242 g/mol. The fourth-order valence-electron chi connectivity index (χ4n) is 1.47. The number of halogens is 1. The number of hydrogen-bond acceptors (Lipinski definition) is 3. The van der Waals surface area contributed by atoms with E-state index >= 15 is 0 Å². The number of para-hydroxylation sites is 1. The van der Waals surface area contributed by atoms with Crippen LogP contribution in [-0.2, 0) is 4.79 Å². The third-order valence-corrected chi connectivity index (χ3v) is 2.79. The molecule has 0 spiro atoms. The standard InChI is InChI=1S/C12H16ClNO3/c1-14(2)12(15)10(13)8-6-5-7-9(16-3)11(8)17-4/h5-7,10H,1-4H3. The van der Waals surface area contributed by atoms with E-state index in [4.69, 9.17) is 21.1 Å². The fraction of sp³-hybridized carbons (Fsp3) is 0.417. The van der Waals surface area contributed by atoms with Crippen LogP contribution in [-0.4, -0.2) is 39.1 Å². The predicted octanol–water partition coefficient (Wildman–Crippen LogP) is 2.07. The van der Waals surface area contributed by atoms with Gasteiger partial charge < -0.3 is 14.4 Å². The van der Waals surface area contributed by atoms with Gasteiger partial charge in [0.25, 0.3) is 0 Å². The van der Waals surface area contributed by atoms with Crippen molar-refractivity contribution in [2.24, 2.45) is 0 Å². The Morgan fingerprint density at radius 3 is 2.41 bits per heavy atom. The molecule has 1 amide bonds. The number of hydrogen-bond donors (Lipinski definition) is 0. The molecule has 0 aliphatic carbocycles. The van der Waals surface area contributed by atoms with Gasteiger partial charge in [0.2, 0.25) is 5.91 Å². The smallest absolute Gasteiger partial charge is 0.244 e. The zero-order chi connectivity index (χ0) is 13.0. The van der Waals surface area contributed by atoms with Crippen LogP contribution in [0.4, 0.5) is 0 Å². The molecule has 1 atom stereocenters. The number of rotatable bonds is 4. The molecule has 1 aromatic carbocycles. The zero-order valence-corrected chi connectivity index (χ0v) is 11.1. The van der Waals surface area contributed by atoms with Gasteiger partial charge in [-0.2, -0.15) is 0 Å². The minimum atomic E-state index is -0.782. The van der Waals surface area contributed by atoms with Gasteiger partial charge in [-0.05, 0) is 6.07 Å². The molecule has 4 nitrogen and oxygen atoms in total. The molecule has 0 heterocycles. The summed E-state index contributed by atoms with van der Waals surface area (Å²) in [6, 6.07) is 5.28. The van der Waals surface area contributed by atoms with Gasteiger partial charge >= 0.3 is 0 Å². The molecule has 1 unspecified atom stereocenters. The van der Waals surface area contributed by atoms with Gasteiger partial charge in [0.1, 0.15) is 5.38 Å². The molecule has 17 heavy (non-hydrogen) atoms. The average Bonchev–Trinajstić information content (AvgIpc) is 2.35. The lowest BCUT2D eigenvalue weighted by Gasteiger charge is -2.18. The monoisotopic (exact) mass is 257 g/mol. The van der Waals surface area contributed by atoms with E-state index in [1.165, 1.54) is 12.0 Å². The van der Waals surface area contributed by atoms with E-state index in [-0.39, 0.29) is 5.91 Å². The highest BCUT2D eigenvalue weighted by atomic mass is 35.5. The maximum Gasteiger partial charge on any atom is 0.244 e. The highest BCUT2D eigenvalue weighted by Gasteiger charge is 2.24. The lowest BCUT2D eigenvalue weighted by atomic mass is 10.1. The summed E-state index contributed by atoms with van der Waals surface area (Å²) < 4.78 is 10.4. The van der Waals surface area contributed by atoms with Gasteiger partial charge in [-0.1, -0.05) is 12.1 Å². The minimum Gasteiger partial charge on any atom is -0.493 e. The van der Waals surface area contributed by atoms with Crippen molar-refractivity contribution in [1.29, 1.82) is 0 Å². The number of likely N-dealkylation sites (N-methyl/N-ethyl adjacent to an activating group) is 1. The van der Waals surface area contributed by atoms with E-state index in [0.29, 0.717) is 17.1 Å². The molecule has 1 aromatic rings. The Hall–Kier alpha value is -1.42. The van der Waals surface area contributed by atoms with Crippen LogP contribution in [0.3, 0.4) is 0 Å². The van der Waals surface area contributed by atoms with Crippen molar-refractivity contribution in [3.8, 4) is 11.5 Å². The first-order valence-corrected chi connectivity index (χ1v) is 5.52. The first kappa shape index (κ1) is 13.6. The number of benzene rings is 1. The Kier molecular flexibility index (Phi) is 4.63. The molecule has 94 valence electrons. The Bertz CT molecular complexity index is 407. The second-order valence-electron chi connectivity index (χ2n) is 3.68. The van der Waals surface area contributed by atoms with Crippen molar-refractivity contribution < 1.29 is 14.3 Å². The molecule has 0 saturated heterocycles. The third-order valence-electron chi connectivity index (χ3n) is 2.36. The van der Waals surface area contributed by atoms with Crippen LogP contribution in [0, 0.1) is 0 Å². The van der Waals surface area contributed by atoms with Crippen molar-refractivity contribution >= 4 is 17.5 Å². The van der Waals surface area contributed by atoms with E-state index in [0.717, 1.165) is 0 Å². The zero-order valence-electron chi connectivity index (χ0n) is 10.4. The topological polar surface area (TPSA) is 38.8 Å². The number of alkyl halides is 1. The first-order valence-electron chi connectivity index (χ1n) is 5.09. The average molecular weight is 258 g/mol. The van der Waals surface area contributed by atoms with E-state index in [1.807, 2.05) is 0 Å². The summed E-state index contributed by atoms with van der Waals surface area (Å²) in [7, 11) is 6.37. The van der Waals surface area contributed by atoms with Crippen LogP contribution in [0.15, 0.2) is 18.2 Å². The molecule has 0 aliphatic rings. The molecule has 0 radical (unpaired) electrons. The molecule has 5 heteroatoms. The number of carbonyl (C=O) groups is 1. The van der Waals surface area contributed by atoms with E-state index in [2.05, 4.69) is 0 Å². The van der Waals surface area contributed by atoms with Crippen LogP contribution in [0.1, 0.15) is 10.9 Å². The van der Waals surface area contributed by atoms with Gasteiger partial charge in [0.05, 0.1) is 14.2 Å². The summed E-state index contributed by atoms with van der Waals surface area (Å²) in [5, 5.41) is -0.782. The summed E-state index contributed by atoms with van der Waals surface area (Å²) >= 11 is 6.14. The van der Waals surface area contributed by atoms with Gasteiger partial charge in [0, 0.05) is 19.7 Å². The molecule has 0 fully saturated rings. The Morgan fingerprint density at radius 2 is 1.94 bits per heavy atom. The number of ether oxygens (including phenoxy) is 2. The maximum absolute atomic E-state index is 11.8. The second-order valence-corrected chi connectivity index (χ2v) is 4.11. The molecule has 0 aliphatic heterocycles. The predicted molar refractivity (Wildman–Crippen MR) is 66.8 cm³/mol. The van der Waals surface area contributed by atoms with Crippen LogP contribution >= 0.6 is 11.6 Å². The van der Waals surface area contributed by atoms with Crippen molar-refractivity contribution in [3.05, 3.63) is 23.8 Å². The van der Waals surface area contributed by atoms with E-state index in [1.54, 1.807) is 39.4 Å². The Labute approximate surface area is 106 Å². The van der Waals surface area contributed by atoms with Crippen molar-refractivity contribution in [1.82, 2.24) is 4.90 Å². The van der Waals surface area contributed by atoms with Crippen molar-refractivity contribution in [2.45, 2.75) is 5.38 Å². The molecule has 0 aromatic heterocycles. The van der Waals surface area contributed by atoms with Gasteiger partial charge in [-0.25, -0.2) is 0 Å². The van der Waals surface area contributed by atoms with E-state index < -0.39 is 5.38 Å². The van der Waals surface area contributed by atoms with Crippen LogP contribution in [0.25, 0.3) is 0 Å². The maximum atomic E-state index is 11.8. The van der Waals surface area contributed by atoms with Crippen molar-refractivity contribution in [3.63, 3.8) is 0 Å². The molecule has 0 bridgehead atoms. The number of methoxy groups -OCH3 is 2. The normalized spacial score (nSPS) is 11.8. The van der Waals surface area contributed by atoms with Gasteiger partial charge in [0.15, 0.2) is 11.5 Å². The summed E-state index contributed by atoms with van der Waals surface area (Å²) in [5.41, 5.74) is 0.604. The molecule has 0 saturated carbocycles. The largest absolute Gasteiger partial charge is 0.493 e. The Morgan fingerprint density at radius 1 is 1.29 bits per heavy atom.